The highest BCUT2D eigenvalue weighted by Gasteiger charge is 2.24. The Hall–Kier alpha value is -2.82. The van der Waals surface area contributed by atoms with Gasteiger partial charge in [-0.2, -0.15) is 0 Å². The number of hydrogen-bond donors (Lipinski definition) is 2. The van der Waals surface area contributed by atoms with Crippen LogP contribution in [0.5, 0.6) is 0 Å². The fraction of sp³-hybridized carbons (Fsp3) is 0.417. The number of nitrogens with zero attached hydrogens (tertiary/aromatic N) is 1. The summed E-state index contributed by atoms with van der Waals surface area (Å²) in [5.41, 5.74) is 2.77. The van der Waals surface area contributed by atoms with Crippen LogP contribution in [0.1, 0.15) is 40.2 Å². The SMILES string of the molecule is CCN(c1ccc(NC(=O)C(NC(=O)Cc2ccccc2)C(C)C)cc1)C(C)C. The molecular formula is C24H33N3O2. The van der Waals surface area contributed by atoms with Crippen molar-refractivity contribution in [3.63, 3.8) is 0 Å². The van der Waals surface area contributed by atoms with Crippen LogP contribution in [0.15, 0.2) is 54.6 Å². The Morgan fingerprint density at radius 3 is 2.07 bits per heavy atom. The van der Waals surface area contributed by atoms with Crippen LogP contribution in [0.4, 0.5) is 11.4 Å². The number of amides is 2. The predicted octanol–water partition coefficient (Wildman–Crippen LogP) is 4.24. The van der Waals surface area contributed by atoms with Crippen LogP contribution in [0.25, 0.3) is 0 Å². The summed E-state index contributed by atoms with van der Waals surface area (Å²) in [5, 5.41) is 5.81. The molecule has 0 aliphatic carbocycles. The molecule has 0 saturated heterocycles. The third-order valence-corrected chi connectivity index (χ3v) is 4.90. The van der Waals surface area contributed by atoms with Gasteiger partial charge in [-0.05, 0) is 56.5 Å². The minimum atomic E-state index is -0.589. The van der Waals surface area contributed by atoms with Gasteiger partial charge in [0.25, 0.3) is 0 Å². The van der Waals surface area contributed by atoms with Crippen LogP contribution >= 0.6 is 0 Å². The summed E-state index contributed by atoms with van der Waals surface area (Å²) in [6.45, 7) is 11.2. The summed E-state index contributed by atoms with van der Waals surface area (Å²) in [6, 6.07) is 17.2. The molecule has 0 bridgehead atoms. The van der Waals surface area contributed by atoms with Crippen LogP contribution in [0.3, 0.4) is 0 Å². The largest absolute Gasteiger partial charge is 0.369 e. The minimum absolute atomic E-state index is 0.0227. The third-order valence-electron chi connectivity index (χ3n) is 4.90. The fourth-order valence-corrected chi connectivity index (χ4v) is 3.34. The first-order valence-electron chi connectivity index (χ1n) is 10.3. The van der Waals surface area contributed by atoms with E-state index in [1.807, 2.05) is 68.4 Å². The van der Waals surface area contributed by atoms with Gasteiger partial charge in [0.05, 0.1) is 6.42 Å². The van der Waals surface area contributed by atoms with Crippen molar-refractivity contribution in [1.29, 1.82) is 0 Å². The molecule has 0 saturated carbocycles. The zero-order valence-electron chi connectivity index (χ0n) is 18.1. The normalized spacial score (nSPS) is 12.0. The molecule has 5 nitrogen and oxygen atoms in total. The van der Waals surface area contributed by atoms with E-state index in [1.165, 1.54) is 0 Å². The third kappa shape index (κ3) is 6.63. The molecule has 2 rings (SSSR count). The van der Waals surface area contributed by atoms with Crippen LogP contribution in [0, 0.1) is 5.92 Å². The van der Waals surface area contributed by atoms with E-state index in [0.29, 0.717) is 6.04 Å². The highest BCUT2D eigenvalue weighted by atomic mass is 16.2. The molecule has 5 heteroatoms. The first-order chi connectivity index (χ1) is 13.8. The highest BCUT2D eigenvalue weighted by Crippen LogP contribution is 2.20. The lowest BCUT2D eigenvalue weighted by Crippen LogP contribution is -2.47. The molecule has 0 aliphatic rings. The first-order valence-corrected chi connectivity index (χ1v) is 10.3. The molecule has 2 aromatic rings. The zero-order chi connectivity index (χ0) is 21.4. The van der Waals surface area contributed by atoms with Crippen LogP contribution < -0.4 is 15.5 Å². The fourth-order valence-electron chi connectivity index (χ4n) is 3.34. The van der Waals surface area contributed by atoms with Crippen LogP contribution in [0.2, 0.25) is 0 Å². The van der Waals surface area contributed by atoms with Crippen molar-refractivity contribution in [3.05, 3.63) is 60.2 Å². The molecule has 0 aliphatic heterocycles. The van der Waals surface area contributed by atoms with Crippen LogP contribution in [-0.2, 0) is 16.0 Å². The van der Waals surface area contributed by atoms with E-state index in [1.54, 1.807) is 0 Å². The number of carbonyl (C=O) groups excluding carboxylic acids is 2. The average molecular weight is 396 g/mol. The van der Waals surface area contributed by atoms with E-state index >= 15 is 0 Å². The van der Waals surface area contributed by atoms with Gasteiger partial charge in [0, 0.05) is 24.0 Å². The Balaban J connectivity index is 2.01. The van der Waals surface area contributed by atoms with Gasteiger partial charge in [-0.3, -0.25) is 9.59 Å². The summed E-state index contributed by atoms with van der Waals surface area (Å²) in [5.74, 6) is -0.383. The van der Waals surface area contributed by atoms with E-state index in [0.717, 1.165) is 23.5 Å². The maximum atomic E-state index is 12.8. The van der Waals surface area contributed by atoms with E-state index in [9.17, 15) is 9.59 Å². The molecule has 0 aromatic heterocycles. The Morgan fingerprint density at radius 1 is 0.931 bits per heavy atom. The first kappa shape index (κ1) is 22.5. The van der Waals surface area contributed by atoms with Gasteiger partial charge in [0.2, 0.25) is 11.8 Å². The smallest absolute Gasteiger partial charge is 0.247 e. The predicted molar refractivity (Wildman–Crippen MR) is 120 cm³/mol. The van der Waals surface area contributed by atoms with Crippen molar-refractivity contribution < 1.29 is 9.59 Å². The second kappa shape index (κ2) is 10.6. The van der Waals surface area contributed by atoms with Crippen LogP contribution in [-0.4, -0.2) is 30.4 Å². The van der Waals surface area contributed by atoms with Gasteiger partial charge in [0.15, 0.2) is 0 Å². The average Bonchev–Trinajstić information content (AvgIpc) is 2.68. The highest BCUT2D eigenvalue weighted by molar-refractivity contribution is 5.97. The number of benzene rings is 2. The van der Waals surface area contributed by atoms with Gasteiger partial charge in [-0.25, -0.2) is 0 Å². The summed E-state index contributed by atoms with van der Waals surface area (Å²) >= 11 is 0. The monoisotopic (exact) mass is 395 g/mol. The number of rotatable bonds is 9. The van der Waals surface area contributed by atoms with Crippen molar-refractivity contribution in [2.75, 3.05) is 16.8 Å². The summed E-state index contributed by atoms with van der Waals surface area (Å²) in [6.07, 6.45) is 0.258. The maximum Gasteiger partial charge on any atom is 0.247 e. The second-order valence-corrected chi connectivity index (χ2v) is 7.87. The number of carbonyl (C=O) groups is 2. The molecule has 2 amide bonds. The van der Waals surface area contributed by atoms with E-state index in [-0.39, 0.29) is 24.2 Å². The topological polar surface area (TPSA) is 61.4 Å². The zero-order valence-corrected chi connectivity index (χ0v) is 18.1. The quantitative estimate of drug-likeness (QED) is 0.667. The van der Waals surface area contributed by atoms with Gasteiger partial charge < -0.3 is 15.5 Å². The number of hydrogen-bond acceptors (Lipinski definition) is 3. The molecule has 156 valence electrons. The Kier molecular flexibility index (Phi) is 8.25. The lowest BCUT2D eigenvalue weighted by molar-refractivity contribution is -0.127. The van der Waals surface area contributed by atoms with Crippen molar-refractivity contribution in [3.8, 4) is 0 Å². The molecule has 2 N–H and O–H groups in total. The number of nitrogens with one attached hydrogen (secondary N) is 2. The summed E-state index contributed by atoms with van der Waals surface area (Å²) in [7, 11) is 0. The summed E-state index contributed by atoms with van der Waals surface area (Å²) in [4.78, 5) is 27.5. The van der Waals surface area contributed by atoms with E-state index in [2.05, 4.69) is 36.3 Å². The van der Waals surface area contributed by atoms with Crippen molar-refractivity contribution in [1.82, 2.24) is 5.32 Å². The van der Waals surface area contributed by atoms with Gasteiger partial charge in [-0.15, -0.1) is 0 Å². The molecule has 0 spiro atoms. The van der Waals surface area contributed by atoms with Crippen molar-refractivity contribution in [2.45, 2.75) is 53.1 Å². The second-order valence-electron chi connectivity index (χ2n) is 7.87. The molecule has 1 unspecified atom stereocenters. The summed E-state index contributed by atoms with van der Waals surface area (Å²) < 4.78 is 0. The lowest BCUT2D eigenvalue weighted by atomic mass is 10.0. The molecule has 1 atom stereocenters. The van der Waals surface area contributed by atoms with Gasteiger partial charge in [0.1, 0.15) is 6.04 Å². The molecule has 0 heterocycles. The number of anilines is 2. The van der Waals surface area contributed by atoms with Crippen molar-refractivity contribution >= 4 is 23.2 Å². The molecule has 0 fully saturated rings. The van der Waals surface area contributed by atoms with Gasteiger partial charge >= 0.3 is 0 Å². The molecule has 29 heavy (non-hydrogen) atoms. The minimum Gasteiger partial charge on any atom is -0.369 e. The molecule has 2 aromatic carbocycles. The lowest BCUT2D eigenvalue weighted by Gasteiger charge is -2.27. The van der Waals surface area contributed by atoms with E-state index in [4.69, 9.17) is 0 Å². The Labute approximate surface area is 174 Å². The van der Waals surface area contributed by atoms with Gasteiger partial charge in [-0.1, -0.05) is 44.2 Å². The maximum absolute atomic E-state index is 12.8. The molecule has 0 radical (unpaired) electrons. The van der Waals surface area contributed by atoms with E-state index < -0.39 is 6.04 Å². The molecular weight excluding hydrogens is 362 g/mol. The Bertz CT molecular complexity index is 786. The van der Waals surface area contributed by atoms with Crippen molar-refractivity contribution in [2.24, 2.45) is 5.92 Å². The Morgan fingerprint density at radius 2 is 1.55 bits per heavy atom. The standard InChI is InChI=1S/C24H33N3O2/c1-6-27(18(4)5)21-14-12-20(13-15-21)25-24(29)23(17(2)3)26-22(28)16-19-10-8-7-9-11-19/h7-15,17-18,23H,6,16H2,1-5H3,(H,25,29)(H,26,28).